The first-order chi connectivity index (χ1) is 13.1. The normalized spacial score (nSPS) is 16.5. The van der Waals surface area contributed by atoms with E-state index >= 15 is 0 Å². The lowest BCUT2D eigenvalue weighted by molar-refractivity contribution is 0.0786. The van der Waals surface area contributed by atoms with Crippen LogP contribution in [0.3, 0.4) is 0 Å². The van der Waals surface area contributed by atoms with Crippen molar-refractivity contribution in [1.29, 1.82) is 0 Å². The minimum atomic E-state index is -0.247. The molecule has 0 bridgehead atoms. The quantitative estimate of drug-likeness (QED) is 0.750. The van der Waals surface area contributed by atoms with Gasteiger partial charge in [-0.2, -0.15) is 0 Å². The Bertz CT molecular complexity index is 966. The van der Waals surface area contributed by atoms with Crippen LogP contribution in [0.2, 0.25) is 0 Å². The fourth-order valence-electron chi connectivity index (χ4n) is 3.18. The van der Waals surface area contributed by atoms with Crippen LogP contribution in [0, 0.1) is 6.92 Å². The largest absolute Gasteiger partial charge is 0.355 e. The van der Waals surface area contributed by atoms with Gasteiger partial charge in [-0.3, -0.25) is 9.59 Å². The smallest absolute Gasteiger partial charge is 0.265 e. The highest BCUT2D eigenvalue weighted by Gasteiger charge is 2.30. The minimum absolute atomic E-state index is 0.0262. The molecule has 7 nitrogen and oxygen atoms in total. The van der Waals surface area contributed by atoms with Crippen LogP contribution < -0.4 is 5.32 Å². The number of hydrogen-bond acceptors (Lipinski definition) is 6. The summed E-state index contributed by atoms with van der Waals surface area (Å²) in [6, 6.07) is 9.28. The molecule has 0 spiro atoms. The van der Waals surface area contributed by atoms with Crippen LogP contribution in [0.5, 0.6) is 0 Å². The van der Waals surface area contributed by atoms with Crippen LogP contribution in [0.15, 0.2) is 46.6 Å². The fraction of sp³-hybridized carbons (Fsp3) is 0.263. The van der Waals surface area contributed by atoms with Crippen LogP contribution in [0.25, 0.3) is 11.3 Å². The number of rotatable bonds is 4. The molecule has 138 valence electrons. The Morgan fingerprint density at radius 1 is 1.30 bits per heavy atom. The monoisotopic (exact) mass is 382 g/mol. The lowest BCUT2D eigenvalue weighted by Gasteiger charge is -2.16. The van der Waals surface area contributed by atoms with E-state index in [1.54, 1.807) is 10.4 Å². The maximum atomic E-state index is 12.7. The van der Waals surface area contributed by atoms with Gasteiger partial charge >= 0.3 is 0 Å². The van der Waals surface area contributed by atoms with Crippen molar-refractivity contribution >= 4 is 23.2 Å². The fourth-order valence-corrected chi connectivity index (χ4v) is 3.94. The molecule has 3 aromatic rings. The summed E-state index contributed by atoms with van der Waals surface area (Å²) in [4.78, 5) is 31.8. The van der Waals surface area contributed by atoms with Crippen molar-refractivity contribution in [1.82, 2.24) is 20.4 Å². The zero-order chi connectivity index (χ0) is 18.8. The van der Waals surface area contributed by atoms with Gasteiger partial charge in [0.25, 0.3) is 11.8 Å². The van der Waals surface area contributed by atoms with Crippen molar-refractivity contribution in [2.75, 3.05) is 13.1 Å². The number of aryl methyl sites for hydroxylation is 1. The zero-order valence-electron chi connectivity index (χ0n) is 14.7. The second kappa shape index (κ2) is 7.32. The number of aromatic nitrogens is 2. The van der Waals surface area contributed by atoms with Gasteiger partial charge in [-0.15, -0.1) is 11.3 Å². The van der Waals surface area contributed by atoms with E-state index < -0.39 is 0 Å². The highest BCUT2D eigenvalue weighted by Crippen LogP contribution is 2.24. The average Bonchev–Trinajstić information content (AvgIpc) is 3.42. The number of carbonyl (C=O) groups excluding carboxylic acids is 2. The second-order valence-electron chi connectivity index (χ2n) is 6.41. The Morgan fingerprint density at radius 2 is 2.11 bits per heavy atom. The van der Waals surface area contributed by atoms with Crippen molar-refractivity contribution in [3.63, 3.8) is 0 Å². The van der Waals surface area contributed by atoms with E-state index in [1.165, 1.54) is 17.5 Å². The van der Waals surface area contributed by atoms with Crippen molar-refractivity contribution < 1.29 is 14.1 Å². The lowest BCUT2D eigenvalue weighted by atomic mass is 10.1. The summed E-state index contributed by atoms with van der Waals surface area (Å²) < 4.78 is 5.28. The molecule has 2 aromatic heterocycles. The minimum Gasteiger partial charge on any atom is -0.355 e. The lowest BCUT2D eigenvalue weighted by Crippen LogP contribution is -2.38. The molecule has 0 aliphatic carbocycles. The molecule has 4 rings (SSSR count). The van der Waals surface area contributed by atoms with E-state index in [1.807, 2.05) is 37.3 Å². The van der Waals surface area contributed by atoms with Gasteiger partial charge in [0.2, 0.25) is 0 Å². The Balaban J connectivity index is 1.43. The predicted molar refractivity (Wildman–Crippen MR) is 101 cm³/mol. The number of thiazole rings is 1. The summed E-state index contributed by atoms with van der Waals surface area (Å²) in [5, 5.41) is 6.77. The summed E-state index contributed by atoms with van der Waals surface area (Å²) in [7, 11) is 0. The Labute approximate surface area is 160 Å². The van der Waals surface area contributed by atoms with Gasteiger partial charge in [0.05, 0.1) is 17.4 Å². The molecular formula is C19H18N4O3S. The van der Waals surface area contributed by atoms with Crippen LogP contribution in [0.1, 0.15) is 32.1 Å². The zero-order valence-corrected chi connectivity index (χ0v) is 15.5. The molecule has 3 heterocycles. The summed E-state index contributed by atoms with van der Waals surface area (Å²) in [6.07, 6.45) is 2.14. The molecule has 0 unspecified atom stereocenters. The first kappa shape index (κ1) is 17.4. The van der Waals surface area contributed by atoms with E-state index in [0.29, 0.717) is 35.7 Å². The van der Waals surface area contributed by atoms with Crippen LogP contribution in [0.4, 0.5) is 0 Å². The third-order valence-corrected chi connectivity index (χ3v) is 5.52. The van der Waals surface area contributed by atoms with Crippen LogP contribution in [-0.2, 0) is 0 Å². The molecule has 2 amide bonds. The Morgan fingerprint density at radius 3 is 2.85 bits per heavy atom. The number of amides is 2. The second-order valence-corrected chi connectivity index (χ2v) is 7.27. The Kier molecular flexibility index (Phi) is 4.72. The summed E-state index contributed by atoms with van der Waals surface area (Å²) in [5.41, 5.74) is 3.61. The van der Waals surface area contributed by atoms with Crippen molar-refractivity contribution in [2.45, 2.75) is 19.4 Å². The first-order valence-corrected chi connectivity index (χ1v) is 9.52. The molecule has 1 aromatic carbocycles. The standard InChI is InChI=1S/C19H18N4O3S/c1-12-17(27-11-20-12)19(25)23-8-7-14(10-23)22-18(24)15-9-21-26-16(15)13-5-3-2-4-6-13/h2-6,9,11,14H,7-8,10H2,1H3,(H,22,24)/t14-/m1/s1. The van der Waals surface area contributed by atoms with Gasteiger partial charge in [-0.05, 0) is 13.3 Å². The maximum absolute atomic E-state index is 12.7. The number of nitrogens with zero attached hydrogens (tertiary/aromatic N) is 3. The maximum Gasteiger partial charge on any atom is 0.265 e. The summed E-state index contributed by atoms with van der Waals surface area (Å²) >= 11 is 1.35. The SMILES string of the molecule is Cc1ncsc1C(=O)N1CC[C@@H](NC(=O)c2cnoc2-c2ccccc2)C1. The highest BCUT2D eigenvalue weighted by molar-refractivity contribution is 7.11. The van der Waals surface area contributed by atoms with E-state index in [2.05, 4.69) is 15.5 Å². The first-order valence-electron chi connectivity index (χ1n) is 8.64. The molecule has 1 saturated heterocycles. The highest BCUT2D eigenvalue weighted by atomic mass is 32.1. The van der Waals surface area contributed by atoms with Gasteiger partial charge in [0.1, 0.15) is 10.4 Å². The Hall–Kier alpha value is -3.00. The molecular weight excluding hydrogens is 364 g/mol. The molecule has 1 fully saturated rings. The molecule has 0 saturated carbocycles. The van der Waals surface area contributed by atoms with Gasteiger partial charge in [-0.1, -0.05) is 35.5 Å². The molecule has 0 radical (unpaired) electrons. The summed E-state index contributed by atoms with van der Waals surface area (Å²) in [5.74, 6) is 0.171. The topological polar surface area (TPSA) is 88.3 Å². The van der Waals surface area contributed by atoms with Gasteiger partial charge in [0.15, 0.2) is 5.76 Å². The van der Waals surface area contributed by atoms with Crippen LogP contribution in [-0.4, -0.2) is 46.0 Å². The number of nitrogens with one attached hydrogen (secondary N) is 1. The molecule has 27 heavy (non-hydrogen) atoms. The third-order valence-electron chi connectivity index (χ3n) is 4.60. The summed E-state index contributed by atoms with van der Waals surface area (Å²) in [6.45, 7) is 2.92. The molecule has 1 atom stereocenters. The van der Waals surface area contributed by atoms with E-state index in [4.69, 9.17) is 4.52 Å². The number of likely N-dealkylation sites (tertiary alicyclic amines) is 1. The van der Waals surface area contributed by atoms with Crippen molar-refractivity contribution in [2.24, 2.45) is 0 Å². The molecule has 1 aliphatic heterocycles. The van der Waals surface area contributed by atoms with E-state index in [0.717, 1.165) is 11.3 Å². The molecule has 1 N–H and O–H groups in total. The predicted octanol–water partition coefficient (Wildman–Crippen LogP) is 2.75. The third kappa shape index (κ3) is 3.48. The number of hydrogen-bond donors (Lipinski definition) is 1. The number of benzene rings is 1. The van der Waals surface area contributed by atoms with Gasteiger partial charge < -0.3 is 14.7 Å². The van der Waals surface area contributed by atoms with Gasteiger partial charge in [-0.25, -0.2) is 4.98 Å². The van der Waals surface area contributed by atoms with Crippen LogP contribution >= 0.6 is 11.3 Å². The molecule has 8 heteroatoms. The van der Waals surface area contributed by atoms with E-state index in [9.17, 15) is 9.59 Å². The van der Waals surface area contributed by atoms with E-state index in [-0.39, 0.29) is 17.9 Å². The molecule has 1 aliphatic rings. The number of carbonyl (C=O) groups is 2. The average molecular weight is 382 g/mol. The van der Waals surface area contributed by atoms with Gasteiger partial charge in [0, 0.05) is 24.7 Å². The van der Waals surface area contributed by atoms with Crippen molar-refractivity contribution in [3.05, 3.63) is 58.2 Å². The van der Waals surface area contributed by atoms with Crippen molar-refractivity contribution in [3.8, 4) is 11.3 Å².